The number of benzene rings is 1. The van der Waals surface area contributed by atoms with Crippen molar-refractivity contribution < 1.29 is 9.59 Å². The zero-order chi connectivity index (χ0) is 14.7. The summed E-state index contributed by atoms with van der Waals surface area (Å²) in [6.45, 7) is 4.01. The van der Waals surface area contributed by atoms with Crippen LogP contribution in [0.4, 0.5) is 5.69 Å². The third-order valence-electron chi connectivity index (χ3n) is 3.32. The van der Waals surface area contributed by atoms with Gasteiger partial charge in [0.05, 0.1) is 0 Å². The smallest absolute Gasteiger partial charge is 0.312 e. The van der Waals surface area contributed by atoms with E-state index >= 15 is 0 Å². The Morgan fingerprint density at radius 3 is 2.55 bits per heavy atom. The van der Waals surface area contributed by atoms with Crippen molar-refractivity contribution in [3.8, 4) is 0 Å². The van der Waals surface area contributed by atoms with Gasteiger partial charge >= 0.3 is 11.8 Å². The van der Waals surface area contributed by atoms with Crippen molar-refractivity contribution in [3.05, 3.63) is 28.8 Å². The molecule has 2 amide bonds. The molecule has 5 nitrogen and oxygen atoms in total. The van der Waals surface area contributed by atoms with E-state index in [0.29, 0.717) is 36.9 Å². The Hall–Kier alpha value is -1.75. The zero-order valence-electron chi connectivity index (χ0n) is 11.4. The normalized spacial score (nSPS) is 15.9. The molecule has 1 aliphatic heterocycles. The minimum Gasteiger partial charge on any atom is -0.399 e. The van der Waals surface area contributed by atoms with E-state index in [2.05, 4.69) is 0 Å². The third kappa shape index (κ3) is 3.04. The molecule has 0 bridgehead atoms. The maximum absolute atomic E-state index is 12.1. The molecule has 108 valence electrons. The number of carbonyl (C=O) groups excluding carboxylic acids is 2. The molecule has 2 rings (SSSR count). The first-order valence-electron chi connectivity index (χ1n) is 6.65. The molecule has 1 aromatic carbocycles. The number of nitrogens with two attached hydrogens (primary N) is 1. The monoisotopic (exact) mass is 295 g/mol. The summed E-state index contributed by atoms with van der Waals surface area (Å²) in [6, 6.07) is 5.14. The van der Waals surface area contributed by atoms with Crippen molar-refractivity contribution in [2.75, 3.05) is 25.4 Å². The van der Waals surface area contributed by atoms with Crippen LogP contribution in [0.1, 0.15) is 18.9 Å². The van der Waals surface area contributed by atoms with Crippen molar-refractivity contribution >= 4 is 29.1 Å². The number of nitrogens with zero attached hydrogens (tertiary/aromatic N) is 2. The zero-order valence-corrected chi connectivity index (χ0v) is 12.2. The fraction of sp³-hybridized carbons (Fsp3) is 0.429. The molecule has 0 aromatic heterocycles. The van der Waals surface area contributed by atoms with Crippen LogP contribution in [0, 0.1) is 0 Å². The molecule has 6 heteroatoms. The number of halogens is 1. The van der Waals surface area contributed by atoms with Gasteiger partial charge in [0.1, 0.15) is 0 Å². The van der Waals surface area contributed by atoms with Crippen LogP contribution in [-0.2, 0) is 16.1 Å². The van der Waals surface area contributed by atoms with E-state index in [9.17, 15) is 9.59 Å². The molecular formula is C14H18ClN3O2. The third-order valence-corrected chi connectivity index (χ3v) is 3.69. The molecule has 1 fully saturated rings. The molecule has 2 N–H and O–H groups in total. The van der Waals surface area contributed by atoms with Gasteiger partial charge in [-0.25, -0.2) is 0 Å². The Morgan fingerprint density at radius 1 is 1.20 bits per heavy atom. The van der Waals surface area contributed by atoms with E-state index in [1.807, 2.05) is 6.92 Å². The van der Waals surface area contributed by atoms with Crippen LogP contribution < -0.4 is 5.73 Å². The molecule has 20 heavy (non-hydrogen) atoms. The van der Waals surface area contributed by atoms with E-state index in [1.165, 1.54) is 4.90 Å². The summed E-state index contributed by atoms with van der Waals surface area (Å²) in [5, 5.41) is 0.551. The lowest BCUT2D eigenvalue weighted by molar-refractivity contribution is -0.156. The number of anilines is 1. The van der Waals surface area contributed by atoms with Crippen LogP contribution in [0.5, 0.6) is 0 Å². The van der Waals surface area contributed by atoms with Crippen LogP contribution in [0.25, 0.3) is 0 Å². The second-order valence-corrected chi connectivity index (χ2v) is 5.28. The quantitative estimate of drug-likeness (QED) is 0.676. The summed E-state index contributed by atoms with van der Waals surface area (Å²) in [5.41, 5.74) is 7.07. The number of piperazine rings is 1. The van der Waals surface area contributed by atoms with Gasteiger partial charge in [-0.3, -0.25) is 9.59 Å². The molecule has 1 aliphatic rings. The average Bonchev–Trinajstić information content (AvgIpc) is 2.42. The number of hydrogen-bond acceptors (Lipinski definition) is 3. The molecule has 1 saturated heterocycles. The van der Waals surface area contributed by atoms with Crippen LogP contribution in [-0.4, -0.2) is 41.2 Å². The van der Waals surface area contributed by atoms with Crippen molar-refractivity contribution in [1.82, 2.24) is 9.80 Å². The van der Waals surface area contributed by atoms with Gasteiger partial charge in [-0.2, -0.15) is 0 Å². The van der Waals surface area contributed by atoms with Gasteiger partial charge in [-0.05, 0) is 30.2 Å². The average molecular weight is 296 g/mol. The Morgan fingerprint density at radius 2 is 1.85 bits per heavy atom. The summed E-state index contributed by atoms with van der Waals surface area (Å²) in [5.74, 6) is -0.902. The molecule has 1 aromatic rings. The molecule has 0 unspecified atom stereocenters. The largest absolute Gasteiger partial charge is 0.399 e. The van der Waals surface area contributed by atoms with E-state index in [4.69, 9.17) is 17.3 Å². The Bertz CT molecular complexity index is 533. The van der Waals surface area contributed by atoms with Crippen molar-refractivity contribution in [2.45, 2.75) is 19.9 Å². The SMILES string of the molecule is CCCN1CCN(Cc2cc(N)ccc2Cl)C(=O)C1=O. The first-order valence-corrected chi connectivity index (χ1v) is 7.02. The van der Waals surface area contributed by atoms with Gasteiger partial charge in [0.2, 0.25) is 0 Å². The van der Waals surface area contributed by atoms with Gasteiger partial charge in [0, 0.05) is 36.9 Å². The standard InChI is InChI=1S/C14H18ClN3O2/c1-2-5-17-6-7-18(14(20)13(17)19)9-10-8-11(16)3-4-12(10)15/h3-4,8H,2,5-7,9,16H2,1H3. The Balaban J connectivity index is 2.09. The predicted molar refractivity (Wildman–Crippen MR) is 78.2 cm³/mol. The molecule has 0 spiro atoms. The topological polar surface area (TPSA) is 66.6 Å². The molecule has 0 saturated carbocycles. The highest BCUT2D eigenvalue weighted by molar-refractivity contribution is 6.35. The first-order chi connectivity index (χ1) is 9.52. The molecular weight excluding hydrogens is 278 g/mol. The minimum absolute atomic E-state index is 0.314. The van der Waals surface area contributed by atoms with Gasteiger partial charge in [0.15, 0.2) is 0 Å². The summed E-state index contributed by atoms with van der Waals surface area (Å²) < 4.78 is 0. The van der Waals surface area contributed by atoms with Crippen molar-refractivity contribution in [2.24, 2.45) is 0 Å². The summed E-state index contributed by atoms with van der Waals surface area (Å²) >= 11 is 6.09. The summed E-state index contributed by atoms with van der Waals surface area (Å²) in [7, 11) is 0. The van der Waals surface area contributed by atoms with E-state index in [-0.39, 0.29) is 0 Å². The molecule has 0 radical (unpaired) electrons. The highest BCUT2D eigenvalue weighted by atomic mass is 35.5. The Labute approximate surface area is 123 Å². The van der Waals surface area contributed by atoms with Crippen LogP contribution in [0.3, 0.4) is 0 Å². The second kappa shape index (κ2) is 6.13. The lowest BCUT2D eigenvalue weighted by Gasteiger charge is -2.33. The van der Waals surface area contributed by atoms with Gasteiger partial charge in [0.25, 0.3) is 0 Å². The van der Waals surface area contributed by atoms with Gasteiger partial charge in [-0.15, -0.1) is 0 Å². The number of rotatable bonds is 4. The van der Waals surface area contributed by atoms with Crippen molar-refractivity contribution in [1.29, 1.82) is 0 Å². The maximum Gasteiger partial charge on any atom is 0.312 e. The second-order valence-electron chi connectivity index (χ2n) is 4.87. The Kier molecular flexibility index (Phi) is 4.49. The number of nitrogen functional groups attached to an aromatic ring is 1. The van der Waals surface area contributed by atoms with E-state index in [1.54, 1.807) is 23.1 Å². The first kappa shape index (κ1) is 14.7. The number of amides is 2. The van der Waals surface area contributed by atoms with Crippen molar-refractivity contribution in [3.63, 3.8) is 0 Å². The van der Waals surface area contributed by atoms with Gasteiger partial charge in [-0.1, -0.05) is 18.5 Å². The molecule has 1 heterocycles. The van der Waals surface area contributed by atoms with Crippen LogP contribution in [0.2, 0.25) is 5.02 Å². The lowest BCUT2D eigenvalue weighted by atomic mass is 10.1. The highest BCUT2D eigenvalue weighted by Crippen LogP contribution is 2.21. The predicted octanol–water partition coefficient (Wildman–Crippen LogP) is 1.50. The lowest BCUT2D eigenvalue weighted by Crippen LogP contribution is -2.53. The van der Waals surface area contributed by atoms with Gasteiger partial charge < -0.3 is 15.5 Å². The number of hydrogen-bond donors (Lipinski definition) is 1. The highest BCUT2D eigenvalue weighted by Gasteiger charge is 2.32. The maximum atomic E-state index is 12.1. The van der Waals surface area contributed by atoms with Crippen LogP contribution >= 0.6 is 11.6 Å². The molecule has 0 atom stereocenters. The fourth-order valence-corrected chi connectivity index (χ4v) is 2.45. The van der Waals surface area contributed by atoms with E-state index in [0.717, 1.165) is 12.0 Å². The number of carbonyl (C=O) groups is 2. The van der Waals surface area contributed by atoms with Crippen LogP contribution in [0.15, 0.2) is 18.2 Å². The summed E-state index contributed by atoms with van der Waals surface area (Å²) in [4.78, 5) is 27.1. The fourth-order valence-electron chi connectivity index (χ4n) is 2.27. The van der Waals surface area contributed by atoms with E-state index < -0.39 is 11.8 Å². The summed E-state index contributed by atoms with van der Waals surface area (Å²) in [6.07, 6.45) is 0.847. The molecule has 0 aliphatic carbocycles. The minimum atomic E-state index is -0.469.